The number of hydrogen-bond acceptors (Lipinski definition) is 4. The fourth-order valence-corrected chi connectivity index (χ4v) is 2.72. The van der Waals surface area contributed by atoms with Crippen molar-refractivity contribution in [3.63, 3.8) is 0 Å². The van der Waals surface area contributed by atoms with Crippen LogP contribution >= 0.6 is 0 Å². The summed E-state index contributed by atoms with van der Waals surface area (Å²) in [6.45, 7) is 6.48. The molecule has 1 aromatic carbocycles. The van der Waals surface area contributed by atoms with Crippen molar-refractivity contribution < 1.29 is 13.2 Å². The van der Waals surface area contributed by atoms with E-state index in [9.17, 15) is 13.2 Å². The Labute approximate surface area is 119 Å². The lowest BCUT2D eigenvalue weighted by Gasteiger charge is -2.11. The van der Waals surface area contributed by atoms with Gasteiger partial charge in [0.25, 0.3) is 0 Å². The lowest BCUT2D eigenvalue weighted by atomic mass is 10.1. The van der Waals surface area contributed by atoms with Gasteiger partial charge in [0.05, 0.1) is 4.90 Å². The van der Waals surface area contributed by atoms with Crippen LogP contribution in [0.15, 0.2) is 23.1 Å². The van der Waals surface area contributed by atoms with Crippen molar-refractivity contribution in [2.24, 2.45) is 5.73 Å². The van der Waals surface area contributed by atoms with Crippen LogP contribution in [0.3, 0.4) is 0 Å². The highest BCUT2D eigenvalue weighted by atomic mass is 32.2. The van der Waals surface area contributed by atoms with Crippen molar-refractivity contribution in [1.82, 2.24) is 10.0 Å². The topological polar surface area (TPSA) is 101 Å². The zero-order valence-electron chi connectivity index (χ0n) is 11.9. The van der Waals surface area contributed by atoms with E-state index >= 15 is 0 Å². The lowest BCUT2D eigenvalue weighted by molar-refractivity contribution is 0.0999. The summed E-state index contributed by atoms with van der Waals surface area (Å²) >= 11 is 0. The Morgan fingerprint density at radius 1 is 1.30 bits per heavy atom. The van der Waals surface area contributed by atoms with Gasteiger partial charge in [-0.05, 0) is 24.6 Å². The molecule has 0 radical (unpaired) electrons. The molecule has 0 spiro atoms. The van der Waals surface area contributed by atoms with Crippen molar-refractivity contribution in [1.29, 1.82) is 0 Å². The molecule has 0 atom stereocenters. The first-order chi connectivity index (χ1) is 9.24. The Morgan fingerprint density at radius 2 is 1.95 bits per heavy atom. The average Bonchev–Trinajstić information content (AvgIpc) is 2.34. The molecular formula is C13H21N3O3S. The minimum atomic E-state index is -3.63. The second-order valence-electron chi connectivity index (χ2n) is 4.85. The summed E-state index contributed by atoms with van der Waals surface area (Å²) in [7, 11) is -3.63. The van der Waals surface area contributed by atoms with E-state index in [0.717, 1.165) is 0 Å². The van der Waals surface area contributed by atoms with Crippen LogP contribution in [0, 0.1) is 6.92 Å². The van der Waals surface area contributed by atoms with E-state index in [1.54, 1.807) is 13.0 Å². The van der Waals surface area contributed by atoms with Gasteiger partial charge >= 0.3 is 0 Å². The number of carbonyl (C=O) groups is 1. The number of aryl methyl sites for hydroxylation is 1. The van der Waals surface area contributed by atoms with Crippen LogP contribution < -0.4 is 15.8 Å². The maximum absolute atomic E-state index is 12.1. The number of nitrogens with two attached hydrogens (primary N) is 1. The van der Waals surface area contributed by atoms with Crippen molar-refractivity contribution in [3.05, 3.63) is 29.3 Å². The van der Waals surface area contributed by atoms with E-state index in [1.807, 2.05) is 13.8 Å². The number of hydrogen-bond donors (Lipinski definition) is 3. The number of sulfonamides is 1. The Morgan fingerprint density at radius 3 is 2.50 bits per heavy atom. The van der Waals surface area contributed by atoms with Crippen LogP contribution in [-0.4, -0.2) is 33.5 Å². The molecule has 1 aromatic rings. The van der Waals surface area contributed by atoms with Gasteiger partial charge in [-0.2, -0.15) is 0 Å². The molecule has 0 aliphatic carbocycles. The highest BCUT2D eigenvalue weighted by molar-refractivity contribution is 7.89. The first kappa shape index (κ1) is 16.6. The minimum absolute atomic E-state index is 0.0430. The van der Waals surface area contributed by atoms with E-state index in [2.05, 4.69) is 10.0 Å². The summed E-state index contributed by atoms with van der Waals surface area (Å²) in [5.74, 6) is -0.638. The molecular weight excluding hydrogens is 278 g/mol. The minimum Gasteiger partial charge on any atom is -0.366 e. The maximum atomic E-state index is 12.1. The van der Waals surface area contributed by atoms with E-state index in [0.29, 0.717) is 18.2 Å². The third-order valence-electron chi connectivity index (χ3n) is 2.75. The molecule has 0 fully saturated rings. The molecule has 1 rings (SSSR count). The fourth-order valence-electron chi connectivity index (χ4n) is 1.66. The summed E-state index contributed by atoms with van der Waals surface area (Å²) in [5.41, 5.74) is 6.08. The molecule has 20 heavy (non-hydrogen) atoms. The predicted molar refractivity (Wildman–Crippen MR) is 78.0 cm³/mol. The summed E-state index contributed by atoms with van der Waals surface area (Å²) < 4.78 is 26.6. The van der Waals surface area contributed by atoms with Gasteiger partial charge in [0, 0.05) is 24.7 Å². The Balaban J connectivity index is 2.82. The molecule has 0 bridgehead atoms. The third-order valence-corrected chi connectivity index (χ3v) is 4.21. The summed E-state index contributed by atoms with van der Waals surface area (Å²) in [6.07, 6.45) is 0. The van der Waals surface area contributed by atoms with Gasteiger partial charge in [-0.25, -0.2) is 13.1 Å². The van der Waals surface area contributed by atoms with E-state index in [4.69, 9.17) is 5.73 Å². The van der Waals surface area contributed by atoms with E-state index in [-0.39, 0.29) is 17.0 Å². The van der Waals surface area contributed by atoms with Crippen molar-refractivity contribution in [3.8, 4) is 0 Å². The normalized spacial score (nSPS) is 11.8. The molecule has 0 aliphatic heterocycles. The number of benzene rings is 1. The van der Waals surface area contributed by atoms with Crippen molar-refractivity contribution in [2.75, 3.05) is 13.1 Å². The zero-order valence-corrected chi connectivity index (χ0v) is 12.8. The predicted octanol–water partition coefficient (Wildman–Crippen LogP) is 0.370. The van der Waals surface area contributed by atoms with Gasteiger partial charge in [0.15, 0.2) is 0 Å². The second kappa shape index (κ2) is 6.83. The van der Waals surface area contributed by atoms with Crippen molar-refractivity contribution in [2.45, 2.75) is 31.7 Å². The lowest BCUT2D eigenvalue weighted by Crippen LogP contribution is -2.34. The molecule has 112 valence electrons. The molecule has 0 aliphatic rings. The number of nitrogens with one attached hydrogen (secondary N) is 2. The Bertz CT molecular complexity index is 583. The molecule has 0 heterocycles. The Kier molecular flexibility index (Phi) is 5.67. The molecule has 4 N–H and O–H groups in total. The number of primary amides is 1. The first-order valence-electron chi connectivity index (χ1n) is 6.37. The molecule has 0 saturated carbocycles. The largest absolute Gasteiger partial charge is 0.366 e. The molecule has 6 nitrogen and oxygen atoms in total. The monoisotopic (exact) mass is 299 g/mol. The summed E-state index contributed by atoms with van der Waals surface area (Å²) in [5, 5.41) is 3.11. The number of rotatable bonds is 7. The summed E-state index contributed by atoms with van der Waals surface area (Å²) in [6, 6.07) is 4.62. The van der Waals surface area contributed by atoms with Crippen LogP contribution in [0.2, 0.25) is 0 Å². The SMILES string of the molecule is Cc1ccc(S(=O)(=O)NCCNC(C)C)cc1C(N)=O. The smallest absolute Gasteiger partial charge is 0.249 e. The van der Waals surface area contributed by atoms with Crippen LogP contribution in [-0.2, 0) is 10.0 Å². The van der Waals surface area contributed by atoms with Crippen LogP contribution in [0.4, 0.5) is 0 Å². The van der Waals surface area contributed by atoms with Gasteiger partial charge in [0.2, 0.25) is 15.9 Å². The summed E-state index contributed by atoms with van der Waals surface area (Å²) in [4.78, 5) is 11.3. The maximum Gasteiger partial charge on any atom is 0.249 e. The third kappa shape index (κ3) is 4.59. The molecule has 7 heteroatoms. The molecule has 1 amide bonds. The molecule has 0 aromatic heterocycles. The second-order valence-corrected chi connectivity index (χ2v) is 6.61. The van der Waals surface area contributed by atoms with Gasteiger partial charge in [0.1, 0.15) is 0 Å². The number of amides is 1. The van der Waals surface area contributed by atoms with Gasteiger partial charge < -0.3 is 11.1 Å². The van der Waals surface area contributed by atoms with Crippen molar-refractivity contribution >= 4 is 15.9 Å². The number of carbonyl (C=O) groups excluding carboxylic acids is 1. The highest BCUT2D eigenvalue weighted by Gasteiger charge is 2.16. The quantitative estimate of drug-likeness (QED) is 0.633. The van der Waals surface area contributed by atoms with Gasteiger partial charge in [-0.1, -0.05) is 19.9 Å². The van der Waals surface area contributed by atoms with Gasteiger partial charge in [-0.15, -0.1) is 0 Å². The average molecular weight is 299 g/mol. The van der Waals surface area contributed by atoms with Crippen LogP contribution in [0.5, 0.6) is 0 Å². The van der Waals surface area contributed by atoms with E-state index in [1.165, 1.54) is 12.1 Å². The molecule has 0 unspecified atom stereocenters. The first-order valence-corrected chi connectivity index (χ1v) is 7.86. The highest BCUT2D eigenvalue weighted by Crippen LogP contribution is 2.15. The molecule has 0 saturated heterocycles. The van der Waals surface area contributed by atoms with E-state index < -0.39 is 15.9 Å². The zero-order chi connectivity index (χ0) is 15.3. The Hall–Kier alpha value is -1.44. The van der Waals surface area contributed by atoms with Crippen LogP contribution in [0.1, 0.15) is 29.8 Å². The van der Waals surface area contributed by atoms with Gasteiger partial charge in [-0.3, -0.25) is 4.79 Å². The van der Waals surface area contributed by atoms with Crippen LogP contribution in [0.25, 0.3) is 0 Å². The standard InChI is InChI=1S/C13H21N3O3S/c1-9(2)15-6-7-16-20(18,19)11-5-4-10(3)12(8-11)13(14)17/h4-5,8-9,15-16H,6-7H2,1-3H3,(H2,14,17). The fraction of sp³-hybridized carbons (Fsp3) is 0.462.